The normalized spacial score (nSPS) is 10.6. The maximum atomic E-state index is 13.1. The first-order valence-corrected chi connectivity index (χ1v) is 11.1. The minimum Gasteiger partial charge on any atom is -0.493 e. The number of carbonyl (C=O) groups excluding carboxylic acids is 1. The van der Waals surface area contributed by atoms with Gasteiger partial charge in [0.1, 0.15) is 11.6 Å². The number of methoxy groups -OCH3 is 3. The Morgan fingerprint density at radius 1 is 1.03 bits per heavy atom. The van der Waals surface area contributed by atoms with Crippen molar-refractivity contribution in [2.75, 3.05) is 34.5 Å². The first-order chi connectivity index (χ1) is 15.6. The maximum Gasteiger partial charge on any atom is 0.254 e. The molecule has 7 nitrogen and oxygen atoms in total. The Morgan fingerprint density at radius 2 is 1.75 bits per heavy atom. The summed E-state index contributed by atoms with van der Waals surface area (Å²) in [4.78, 5) is 19.5. The molecule has 0 spiro atoms. The molecule has 0 fully saturated rings. The SMILES string of the molecule is COCCN(Cc1csc(COc2c(OC)cccc2OC)n1)C(=O)c1ccccc1C. The van der Waals surface area contributed by atoms with Crippen molar-refractivity contribution in [2.45, 2.75) is 20.1 Å². The van der Waals surface area contributed by atoms with Gasteiger partial charge in [-0.05, 0) is 30.7 Å². The molecule has 0 radical (unpaired) electrons. The number of nitrogens with zero attached hydrogens (tertiary/aromatic N) is 2. The molecule has 170 valence electrons. The van der Waals surface area contributed by atoms with E-state index >= 15 is 0 Å². The predicted octanol–water partition coefficient (Wildman–Crippen LogP) is 4.34. The van der Waals surface area contributed by atoms with Gasteiger partial charge in [-0.2, -0.15) is 0 Å². The van der Waals surface area contributed by atoms with Crippen molar-refractivity contribution in [1.82, 2.24) is 9.88 Å². The van der Waals surface area contributed by atoms with Crippen LogP contribution in [0.2, 0.25) is 0 Å². The van der Waals surface area contributed by atoms with Gasteiger partial charge in [-0.1, -0.05) is 24.3 Å². The van der Waals surface area contributed by atoms with Crippen LogP contribution in [0.3, 0.4) is 0 Å². The standard InChI is InChI=1S/C24H28N2O5S/c1-17-8-5-6-9-19(17)24(27)26(12-13-28-2)14-18-16-32-22(25-18)15-31-23-20(29-3)10-7-11-21(23)30-4/h5-11,16H,12-15H2,1-4H3. The molecule has 1 heterocycles. The molecule has 8 heteroatoms. The smallest absolute Gasteiger partial charge is 0.254 e. The number of amides is 1. The highest BCUT2D eigenvalue weighted by Crippen LogP contribution is 2.37. The molecular weight excluding hydrogens is 428 g/mol. The zero-order valence-electron chi connectivity index (χ0n) is 18.8. The molecular formula is C24H28N2O5S. The van der Waals surface area contributed by atoms with Crippen LogP contribution in [0.15, 0.2) is 47.8 Å². The summed E-state index contributed by atoms with van der Waals surface area (Å²) >= 11 is 1.49. The summed E-state index contributed by atoms with van der Waals surface area (Å²) in [6.45, 7) is 3.53. The van der Waals surface area contributed by atoms with Gasteiger partial charge in [0, 0.05) is 24.6 Å². The second-order valence-electron chi connectivity index (χ2n) is 7.05. The number of hydrogen-bond acceptors (Lipinski definition) is 7. The first-order valence-electron chi connectivity index (χ1n) is 10.2. The number of ether oxygens (including phenoxy) is 4. The van der Waals surface area contributed by atoms with Crippen molar-refractivity contribution in [1.29, 1.82) is 0 Å². The number of aryl methyl sites for hydroxylation is 1. The number of aromatic nitrogens is 1. The van der Waals surface area contributed by atoms with Crippen LogP contribution in [0.4, 0.5) is 0 Å². The van der Waals surface area contributed by atoms with Crippen molar-refractivity contribution < 1.29 is 23.7 Å². The largest absolute Gasteiger partial charge is 0.493 e. The van der Waals surface area contributed by atoms with Gasteiger partial charge in [0.05, 0.1) is 33.1 Å². The van der Waals surface area contributed by atoms with E-state index in [1.54, 1.807) is 26.2 Å². The molecule has 32 heavy (non-hydrogen) atoms. The zero-order valence-corrected chi connectivity index (χ0v) is 19.6. The average molecular weight is 457 g/mol. The number of carbonyl (C=O) groups is 1. The number of para-hydroxylation sites is 1. The first kappa shape index (κ1) is 23.6. The van der Waals surface area contributed by atoms with Crippen LogP contribution in [-0.2, 0) is 17.9 Å². The molecule has 0 aliphatic heterocycles. The van der Waals surface area contributed by atoms with Crippen molar-refractivity contribution >= 4 is 17.2 Å². The van der Waals surface area contributed by atoms with Crippen molar-refractivity contribution in [2.24, 2.45) is 0 Å². The second-order valence-corrected chi connectivity index (χ2v) is 7.99. The lowest BCUT2D eigenvalue weighted by molar-refractivity contribution is 0.0677. The van der Waals surface area contributed by atoms with Crippen LogP contribution in [0, 0.1) is 6.92 Å². The molecule has 0 unspecified atom stereocenters. The number of thiazole rings is 1. The van der Waals surface area contributed by atoms with Crippen LogP contribution >= 0.6 is 11.3 Å². The highest BCUT2D eigenvalue weighted by Gasteiger charge is 2.19. The summed E-state index contributed by atoms with van der Waals surface area (Å²) in [5, 5.41) is 2.74. The molecule has 0 saturated heterocycles. The highest BCUT2D eigenvalue weighted by atomic mass is 32.1. The quantitative estimate of drug-likeness (QED) is 0.428. The van der Waals surface area contributed by atoms with E-state index in [1.807, 2.05) is 54.8 Å². The molecule has 3 aromatic rings. The molecule has 1 aromatic heterocycles. The van der Waals surface area contributed by atoms with Gasteiger partial charge in [-0.3, -0.25) is 4.79 Å². The Hall–Kier alpha value is -3.10. The van der Waals surface area contributed by atoms with Gasteiger partial charge < -0.3 is 23.8 Å². The summed E-state index contributed by atoms with van der Waals surface area (Å²) in [6, 6.07) is 13.1. The fourth-order valence-corrected chi connectivity index (χ4v) is 3.91. The summed E-state index contributed by atoms with van der Waals surface area (Å²) in [5.41, 5.74) is 2.43. The fourth-order valence-electron chi connectivity index (χ4n) is 3.21. The third-order valence-electron chi connectivity index (χ3n) is 4.90. The van der Waals surface area contributed by atoms with Gasteiger partial charge >= 0.3 is 0 Å². The Kier molecular flexibility index (Phi) is 8.47. The van der Waals surface area contributed by atoms with Crippen LogP contribution in [0.25, 0.3) is 0 Å². The lowest BCUT2D eigenvalue weighted by Crippen LogP contribution is -2.34. The third-order valence-corrected chi connectivity index (χ3v) is 5.77. The van der Waals surface area contributed by atoms with Crippen LogP contribution in [0.5, 0.6) is 17.2 Å². The molecule has 0 bridgehead atoms. The second kappa shape index (κ2) is 11.5. The van der Waals surface area contributed by atoms with Gasteiger partial charge in [0.25, 0.3) is 5.91 Å². The van der Waals surface area contributed by atoms with E-state index in [0.717, 1.165) is 16.3 Å². The van der Waals surface area contributed by atoms with Crippen molar-refractivity contribution in [3.8, 4) is 17.2 Å². The molecule has 1 amide bonds. The fraction of sp³-hybridized carbons (Fsp3) is 0.333. The van der Waals surface area contributed by atoms with Crippen LogP contribution in [-0.4, -0.2) is 50.3 Å². The number of hydrogen-bond donors (Lipinski definition) is 0. The number of benzene rings is 2. The Balaban J connectivity index is 1.71. The van der Waals surface area contributed by atoms with Crippen LogP contribution in [0.1, 0.15) is 26.6 Å². The molecule has 0 saturated carbocycles. The number of rotatable bonds is 11. The summed E-state index contributed by atoms with van der Waals surface area (Å²) < 4.78 is 21.9. The molecule has 0 aliphatic rings. The van der Waals surface area contributed by atoms with Crippen molar-refractivity contribution in [3.05, 3.63) is 69.7 Å². The van der Waals surface area contributed by atoms with E-state index < -0.39 is 0 Å². The van der Waals surface area contributed by atoms with Crippen molar-refractivity contribution in [3.63, 3.8) is 0 Å². The topological polar surface area (TPSA) is 70.1 Å². The van der Waals surface area contributed by atoms with E-state index in [0.29, 0.717) is 42.5 Å². The minimum absolute atomic E-state index is 0.0373. The van der Waals surface area contributed by atoms with E-state index in [-0.39, 0.29) is 12.5 Å². The van der Waals surface area contributed by atoms with E-state index in [1.165, 1.54) is 11.3 Å². The molecule has 0 aliphatic carbocycles. The summed E-state index contributed by atoms with van der Waals surface area (Å²) in [6.07, 6.45) is 0. The summed E-state index contributed by atoms with van der Waals surface area (Å²) in [7, 11) is 4.80. The summed E-state index contributed by atoms with van der Waals surface area (Å²) in [5.74, 6) is 1.68. The van der Waals surface area contributed by atoms with E-state index in [9.17, 15) is 4.79 Å². The lowest BCUT2D eigenvalue weighted by Gasteiger charge is -2.22. The van der Waals surface area contributed by atoms with Gasteiger partial charge in [0.2, 0.25) is 5.75 Å². The Labute approximate surface area is 192 Å². The monoisotopic (exact) mass is 456 g/mol. The third kappa shape index (κ3) is 5.77. The Bertz CT molecular complexity index is 1010. The molecule has 2 aromatic carbocycles. The zero-order chi connectivity index (χ0) is 22.9. The Morgan fingerprint density at radius 3 is 2.41 bits per heavy atom. The highest BCUT2D eigenvalue weighted by molar-refractivity contribution is 7.09. The molecule has 3 rings (SSSR count). The van der Waals surface area contributed by atoms with E-state index in [2.05, 4.69) is 4.98 Å². The van der Waals surface area contributed by atoms with Gasteiger partial charge in [-0.25, -0.2) is 4.98 Å². The maximum absolute atomic E-state index is 13.1. The minimum atomic E-state index is -0.0373. The van der Waals surface area contributed by atoms with Gasteiger partial charge in [-0.15, -0.1) is 11.3 Å². The average Bonchev–Trinajstić information content (AvgIpc) is 3.27. The molecule has 0 atom stereocenters. The molecule has 0 N–H and O–H groups in total. The lowest BCUT2D eigenvalue weighted by atomic mass is 10.1. The van der Waals surface area contributed by atoms with E-state index in [4.69, 9.17) is 18.9 Å². The predicted molar refractivity (Wildman–Crippen MR) is 124 cm³/mol. The van der Waals surface area contributed by atoms with Crippen LogP contribution < -0.4 is 14.2 Å². The van der Waals surface area contributed by atoms with Gasteiger partial charge in [0.15, 0.2) is 11.5 Å².